The molecular formula is C14H31N3. The Morgan fingerprint density at radius 1 is 1.12 bits per heavy atom. The average molecular weight is 241 g/mol. The molecule has 3 nitrogen and oxygen atoms in total. The fourth-order valence-electron chi connectivity index (χ4n) is 2.47. The summed E-state index contributed by atoms with van der Waals surface area (Å²) < 4.78 is 0. The summed E-state index contributed by atoms with van der Waals surface area (Å²) in [5.41, 5.74) is 0.336. The fourth-order valence-corrected chi connectivity index (χ4v) is 2.47. The van der Waals surface area contributed by atoms with Crippen LogP contribution in [0.1, 0.15) is 41.0 Å². The first kappa shape index (κ1) is 14.9. The van der Waals surface area contributed by atoms with Crippen LogP contribution in [0.3, 0.4) is 0 Å². The van der Waals surface area contributed by atoms with Gasteiger partial charge in [0.1, 0.15) is 0 Å². The van der Waals surface area contributed by atoms with Crippen molar-refractivity contribution in [3.05, 3.63) is 0 Å². The number of hydrogen-bond acceptors (Lipinski definition) is 3. The predicted octanol–water partition coefficient (Wildman–Crippen LogP) is 1.79. The van der Waals surface area contributed by atoms with Gasteiger partial charge in [-0.2, -0.15) is 0 Å². The van der Waals surface area contributed by atoms with Crippen LogP contribution in [0.2, 0.25) is 0 Å². The lowest BCUT2D eigenvalue weighted by Crippen LogP contribution is -2.53. The fraction of sp³-hybridized carbons (Fsp3) is 1.00. The van der Waals surface area contributed by atoms with Gasteiger partial charge in [0.25, 0.3) is 0 Å². The SMILES string of the molecule is CCNC(C)CCN1CCN(C(C)(C)C)CC1. The third-order valence-corrected chi connectivity index (χ3v) is 3.75. The monoisotopic (exact) mass is 241 g/mol. The number of piperazine rings is 1. The first-order chi connectivity index (χ1) is 7.93. The zero-order chi connectivity index (χ0) is 12.9. The van der Waals surface area contributed by atoms with Crippen molar-refractivity contribution in [3.8, 4) is 0 Å². The van der Waals surface area contributed by atoms with Gasteiger partial charge in [-0.15, -0.1) is 0 Å². The van der Waals surface area contributed by atoms with E-state index in [4.69, 9.17) is 0 Å². The van der Waals surface area contributed by atoms with Gasteiger partial charge in [-0.3, -0.25) is 4.90 Å². The molecule has 0 amide bonds. The number of nitrogens with zero attached hydrogens (tertiary/aromatic N) is 2. The molecule has 1 aliphatic rings. The largest absolute Gasteiger partial charge is 0.314 e. The molecule has 0 aromatic rings. The molecule has 1 heterocycles. The Morgan fingerprint density at radius 3 is 2.18 bits per heavy atom. The van der Waals surface area contributed by atoms with Gasteiger partial charge in [0, 0.05) is 37.8 Å². The normalized spacial score (nSPS) is 21.7. The maximum Gasteiger partial charge on any atom is 0.0126 e. The molecule has 1 atom stereocenters. The smallest absolute Gasteiger partial charge is 0.0126 e. The highest BCUT2D eigenvalue weighted by molar-refractivity contribution is 4.82. The van der Waals surface area contributed by atoms with Gasteiger partial charge in [-0.1, -0.05) is 6.92 Å². The molecule has 17 heavy (non-hydrogen) atoms. The van der Waals surface area contributed by atoms with E-state index in [2.05, 4.69) is 49.7 Å². The van der Waals surface area contributed by atoms with E-state index in [-0.39, 0.29) is 0 Å². The van der Waals surface area contributed by atoms with Crippen LogP contribution in [0.15, 0.2) is 0 Å². The van der Waals surface area contributed by atoms with E-state index < -0.39 is 0 Å². The molecule has 1 unspecified atom stereocenters. The molecule has 1 fully saturated rings. The van der Waals surface area contributed by atoms with Crippen molar-refractivity contribution in [2.75, 3.05) is 39.3 Å². The van der Waals surface area contributed by atoms with E-state index in [9.17, 15) is 0 Å². The summed E-state index contributed by atoms with van der Waals surface area (Å²) in [5.74, 6) is 0. The molecule has 102 valence electrons. The van der Waals surface area contributed by atoms with Crippen LogP contribution in [0.25, 0.3) is 0 Å². The van der Waals surface area contributed by atoms with E-state index in [1.165, 1.54) is 39.1 Å². The highest BCUT2D eigenvalue weighted by atomic mass is 15.3. The zero-order valence-corrected chi connectivity index (χ0v) is 12.4. The van der Waals surface area contributed by atoms with Crippen molar-refractivity contribution in [2.45, 2.75) is 52.6 Å². The van der Waals surface area contributed by atoms with Crippen LogP contribution >= 0.6 is 0 Å². The minimum Gasteiger partial charge on any atom is -0.314 e. The van der Waals surface area contributed by atoms with Crippen LogP contribution in [0, 0.1) is 0 Å². The van der Waals surface area contributed by atoms with E-state index >= 15 is 0 Å². The lowest BCUT2D eigenvalue weighted by Gasteiger charge is -2.42. The molecule has 0 bridgehead atoms. The molecule has 1 aliphatic heterocycles. The lowest BCUT2D eigenvalue weighted by atomic mass is 10.0. The summed E-state index contributed by atoms with van der Waals surface area (Å²) in [4.78, 5) is 5.20. The summed E-state index contributed by atoms with van der Waals surface area (Å²) in [6.07, 6.45) is 1.27. The summed E-state index contributed by atoms with van der Waals surface area (Å²) in [7, 11) is 0. The summed E-state index contributed by atoms with van der Waals surface area (Å²) in [6.45, 7) is 18.6. The number of hydrogen-bond donors (Lipinski definition) is 1. The van der Waals surface area contributed by atoms with Crippen molar-refractivity contribution in [1.29, 1.82) is 0 Å². The second kappa shape index (κ2) is 6.72. The molecule has 0 aliphatic carbocycles. The second-order valence-corrected chi connectivity index (χ2v) is 6.25. The number of rotatable bonds is 5. The van der Waals surface area contributed by atoms with Gasteiger partial charge in [0.15, 0.2) is 0 Å². The third kappa shape index (κ3) is 5.36. The Labute approximate surface area is 108 Å². The standard InChI is InChI=1S/C14H31N3/c1-6-15-13(2)7-8-16-9-11-17(12-10-16)14(3,4)5/h13,15H,6-12H2,1-5H3. The van der Waals surface area contributed by atoms with E-state index in [0.29, 0.717) is 11.6 Å². The van der Waals surface area contributed by atoms with Crippen molar-refractivity contribution in [2.24, 2.45) is 0 Å². The Kier molecular flexibility index (Phi) is 5.90. The van der Waals surface area contributed by atoms with Crippen molar-refractivity contribution in [3.63, 3.8) is 0 Å². The molecule has 0 aromatic carbocycles. The third-order valence-electron chi connectivity index (χ3n) is 3.75. The maximum absolute atomic E-state index is 3.48. The first-order valence-electron chi connectivity index (χ1n) is 7.14. The van der Waals surface area contributed by atoms with Gasteiger partial charge >= 0.3 is 0 Å². The second-order valence-electron chi connectivity index (χ2n) is 6.25. The van der Waals surface area contributed by atoms with Crippen LogP contribution in [0.5, 0.6) is 0 Å². The van der Waals surface area contributed by atoms with Crippen LogP contribution in [-0.2, 0) is 0 Å². The Morgan fingerprint density at radius 2 is 1.71 bits per heavy atom. The van der Waals surface area contributed by atoms with Gasteiger partial charge in [-0.05, 0) is 47.2 Å². The summed E-state index contributed by atoms with van der Waals surface area (Å²) in [5, 5.41) is 3.48. The topological polar surface area (TPSA) is 18.5 Å². The van der Waals surface area contributed by atoms with E-state index in [1.807, 2.05) is 0 Å². The van der Waals surface area contributed by atoms with Gasteiger partial charge in [0.2, 0.25) is 0 Å². The van der Waals surface area contributed by atoms with Gasteiger partial charge < -0.3 is 10.2 Å². The highest BCUT2D eigenvalue weighted by Gasteiger charge is 2.25. The maximum atomic E-state index is 3.48. The minimum absolute atomic E-state index is 0.336. The van der Waals surface area contributed by atoms with E-state index in [1.54, 1.807) is 0 Å². The first-order valence-corrected chi connectivity index (χ1v) is 7.14. The summed E-state index contributed by atoms with van der Waals surface area (Å²) >= 11 is 0. The average Bonchev–Trinajstić information content (AvgIpc) is 2.26. The molecule has 0 saturated carbocycles. The Bertz CT molecular complexity index is 202. The molecule has 1 rings (SSSR count). The molecule has 1 saturated heterocycles. The summed E-state index contributed by atoms with van der Waals surface area (Å²) in [6, 6.07) is 0.653. The minimum atomic E-state index is 0.336. The van der Waals surface area contributed by atoms with Crippen molar-refractivity contribution >= 4 is 0 Å². The van der Waals surface area contributed by atoms with Crippen molar-refractivity contribution < 1.29 is 0 Å². The van der Waals surface area contributed by atoms with Crippen LogP contribution in [0.4, 0.5) is 0 Å². The lowest BCUT2D eigenvalue weighted by molar-refractivity contribution is 0.0609. The van der Waals surface area contributed by atoms with Gasteiger partial charge in [-0.25, -0.2) is 0 Å². The molecule has 0 radical (unpaired) electrons. The zero-order valence-electron chi connectivity index (χ0n) is 12.4. The van der Waals surface area contributed by atoms with Crippen LogP contribution in [-0.4, -0.2) is 60.6 Å². The highest BCUT2D eigenvalue weighted by Crippen LogP contribution is 2.15. The molecular weight excluding hydrogens is 210 g/mol. The molecule has 1 N–H and O–H groups in total. The quantitative estimate of drug-likeness (QED) is 0.792. The van der Waals surface area contributed by atoms with Crippen LogP contribution < -0.4 is 5.32 Å². The molecule has 3 heteroatoms. The molecule has 0 aromatic heterocycles. The van der Waals surface area contributed by atoms with E-state index in [0.717, 1.165) is 6.54 Å². The molecule has 0 spiro atoms. The van der Waals surface area contributed by atoms with Crippen molar-refractivity contribution in [1.82, 2.24) is 15.1 Å². The predicted molar refractivity (Wildman–Crippen MR) is 75.5 cm³/mol. The Balaban J connectivity index is 2.19. The van der Waals surface area contributed by atoms with Gasteiger partial charge in [0.05, 0.1) is 0 Å². The number of nitrogens with one attached hydrogen (secondary N) is 1. The Hall–Kier alpha value is -0.120.